The number of carbonyl (C=O) groups is 1. The normalized spacial score (nSPS) is 15.3. The smallest absolute Gasteiger partial charge is 0.246 e. The first-order valence-electron chi connectivity index (χ1n) is 5.18. The van der Waals surface area contributed by atoms with Gasteiger partial charge in [0.2, 0.25) is 5.91 Å². The van der Waals surface area contributed by atoms with Crippen LogP contribution in [0.4, 0.5) is 0 Å². The van der Waals surface area contributed by atoms with E-state index in [0.717, 1.165) is 12.8 Å². The lowest BCUT2D eigenvalue weighted by atomic mass is 10.2. The molecule has 2 unspecified atom stereocenters. The quantitative estimate of drug-likeness (QED) is 0.407. The summed E-state index contributed by atoms with van der Waals surface area (Å²) in [6, 6.07) is 0. The molecule has 0 aliphatic rings. The minimum absolute atomic E-state index is 0.00222. The van der Waals surface area contributed by atoms with E-state index in [-0.39, 0.29) is 11.2 Å². The SMILES string of the molecule is CCCC(SC(C)C(C)C)C(=O)NN. The summed E-state index contributed by atoms with van der Waals surface area (Å²) in [6.07, 6.45) is 1.90. The first kappa shape index (κ1) is 13.8. The zero-order chi connectivity index (χ0) is 11.1. The van der Waals surface area contributed by atoms with E-state index in [1.165, 1.54) is 0 Å². The van der Waals surface area contributed by atoms with E-state index in [2.05, 4.69) is 33.1 Å². The Bertz CT molecular complexity index is 174. The maximum atomic E-state index is 11.4. The molecule has 0 saturated carbocycles. The third kappa shape index (κ3) is 4.86. The fraction of sp³-hybridized carbons (Fsp3) is 0.900. The summed E-state index contributed by atoms with van der Waals surface area (Å²) in [5, 5.41) is 0.492. The van der Waals surface area contributed by atoms with Crippen molar-refractivity contribution in [3.63, 3.8) is 0 Å². The van der Waals surface area contributed by atoms with Gasteiger partial charge in [-0.05, 0) is 12.3 Å². The van der Waals surface area contributed by atoms with Crippen LogP contribution in [-0.2, 0) is 4.79 Å². The minimum atomic E-state index is -0.0515. The second kappa shape index (κ2) is 7.12. The van der Waals surface area contributed by atoms with Crippen molar-refractivity contribution in [3.05, 3.63) is 0 Å². The molecule has 0 aliphatic heterocycles. The van der Waals surface area contributed by atoms with Gasteiger partial charge < -0.3 is 0 Å². The molecule has 0 aromatic rings. The zero-order valence-corrected chi connectivity index (χ0v) is 10.4. The van der Waals surface area contributed by atoms with Crippen LogP contribution in [0.5, 0.6) is 0 Å². The van der Waals surface area contributed by atoms with E-state index in [4.69, 9.17) is 5.84 Å². The van der Waals surface area contributed by atoms with Crippen molar-refractivity contribution < 1.29 is 4.79 Å². The Kier molecular flexibility index (Phi) is 7.01. The molecule has 0 fully saturated rings. The third-order valence-corrected chi connectivity index (χ3v) is 4.06. The lowest BCUT2D eigenvalue weighted by Crippen LogP contribution is -2.38. The molecule has 0 rings (SSSR count). The van der Waals surface area contributed by atoms with Crippen molar-refractivity contribution >= 4 is 17.7 Å². The molecule has 0 aromatic heterocycles. The summed E-state index contributed by atoms with van der Waals surface area (Å²) in [4.78, 5) is 11.4. The van der Waals surface area contributed by atoms with Gasteiger partial charge in [-0.15, -0.1) is 11.8 Å². The van der Waals surface area contributed by atoms with Crippen LogP contribution in [0.2, 0.25) is 0 Å². The monoisotopic (exact) mass is 218 g/mol. The van der Waals surface area contributed by atoms with Crippen molar-refractivity contribution in [2.24, 2.45) is 11.8 Å². The van der Waals surface area contributed by atoms with Gasteiger partial charge in [-0.1, -0.05) is 34.1 Å². The largest absolute Gasteiger partial charge is 0.293 e. The van der Waals surface area contributed by atoms with Crippen molar-refractivity contribution in [1.82, 2.24) is 5.43 Å². The van der Waals surface area contributed by atoms with Crippen LogP contribution >= 0.6 is 11.8 Å². The second-order valence-electron chi connectivity index (χ2n) is 3.87. The van der Waals surface area contributed by atoms with Crippen LogP contribution in [0.3, 0.4) is 0 Å². The number of thioether (sulfide) groups is 1. The highest BCUT2D eigenvalue weighted by Crippen LogP contribution is 2.26. The summed E-state index contributed by atoms with van der Waals surface area (Å²) in [7, 11) is 0. The van der Waals surface area contributed by atoms with Gasteiger partial charge in [0.05, 0.1) is 5.25 Å². The Morgan fingerprint density at radius 2 is 2.00 bits per heavy atom. The van der Waals surface area contributed by atoms with Gasteiger partial charge in [0.1, 0.15) is 0 Å². The third-order valence-electron chi connectivity index (χ3n) is 2.30. The van der Waals surface area contributed by atoms with Crippen molar-refractivity contribution in [3.8, 4) is 0 Å². The molecule has 1 amide bonds. The van der Waals surface area contributed by atoms with E-state index in [9.17, 15) is 4.79 Å². The van der Waals surface area contributed by atoms with Gasteiger partial charge in [0.15, 0.2) is 0 Å². The van der Waals surface area contributed by atoms with Crippen LogP contribution in [0.25, 0.3) is 0 Å². The number of hydrazine groups is 1. The number of rotatable bonds is 6. The summed E-state index contributed by atoms with van der Waals surface area (Å²) in [6.45, 7) is 8.57. The first-order valence-corrected chi connectivity index (χ1v) is 6.13. The molecule has 4 heteroatoms. The zero-order valence-electron chi connectivity index (χ0n) is 9.54. The van der Waals surface area contributed by atoms with Crippen molar-refractivity contribution in [2.45, 2.75) is 51.0 Å². The average Bonchev–Trinajstić information content (AvgIpc) is 2.15. The molecule has 84 valence electrons. The van der Waals surface area contributed by atoms with E-state index in [0.29, 0.717) is 11.2 Å². The van der Waals surface area contributed by atoms with E-state index >= 15 is 0 Å². The number of nitrogens with two attached hydrogens (primary N) is 1. The molecule has 14 heavy (non-hydrogen) atoms. The summed E-state index contributed by atoms with van der Waals surface area (Å²) >= 11 is 1.72. The van der Waals surface area contributed by atoms with Gasteiger partial charge in [0, 0.05) is 5.25 Å². The van der Waals surface area contributed by atoms with Crippen LogP contribution in [0.1, 0.15) is 40.5 Å². The maximum Gasteiger partial charge on any atom is 0.246 e. The van der Waals surface area contributed by atoms with Gasteiger partial charge in [-0.25, -0.2) is 5.84 Å². The molecule has 0 heterocycles. The molecule has 0 aliphatic carbocycles. The Hall–Kier alpha value is -0.220. The molecule has 3 N–H and O–H groups in total. The molecule has 0 saturated heterocycles. The van der Waals surface area contributed by atoms with Crippen LogP contribution in [0.15, 0.2) is 0 Å². The highest BCUT2D eigenvalue weighted by atomic mass is 32.2. The number of hydrogen-bond acceptors (Lipinski definition) is 3. The highest BCUT2D eigenvalue weighted by molar-refractivity contribution is 8.01. The van der Waals surface area contributed by atoms with E-state index < -0.39 is 0 Å². The van der Waals surface area contributed by atoms with Crippen LogP contribution in [-0.4, -0.2) is 16.4 Å². The van der Waals surface area contributed by atoms with Gasteiger partial charge in [0.25, 0.3) is 0 Å². The molecule has 0 bridgehead atoms. The highest BCUT2D eigenvalue weighted by Gasteiger charge is 2.21. The number of hydrogen-bond donors (Lipinski definition) is 2. The van der Waals surface area contributed by atoms with Gasteiger partial charge in [-0.3, -0.25) is 10.2 Å². The van der Waals surface area contributed by atoms with Crippen LogP contribution < -0.4 is 11.3 Å². The maximum absolute atomic E-state index is 11.4. The predicted octanol–water partition coefficient (Wildman–Crippen LogP) is 1.92. The number of carbonyl (C=O) groups excluding carboxylic acids is 1. The Labute approximate surface area is 91.2 Å². The number of amides is 1. The average molecular weight is 218 g/mol. The lowest BCUT2D eigenvalue weighted by Gasteiger charge is -2.21. The van der Waals surface area contributed by atoms with E-state index in [1.54, 1.807) is 11.8 Å². The fourth-order valence-electron chi connectivity index (χ4n) is 1.03. The lowest BCUT2D eigenvalue weighted by molar-refractivity contribution is -0.120. The number of nitrogens with one attached hydrogen (secondary N) is 1. The first-order chi connectivity index (χ1) is 6.52. The molecule has 0 radical (unpaired) electrons. The summed E-state index contributed by atoms with van der Waals surface area (Å²) < 4.78 is 0. The fourth-order valence-corrected chi connectivity index (χ4v) is 2.43. The standard InChI is InChI=1S/C10H22N2OS/c1-5-6-9(10(13)12-11)14-8(4)7(2)3/h7-9H,5-6,11H2,1-4H3,(H,12,13). The Balaban J connectivity index is 4.15. The van der Waals surface area contributed by atoms with Crippen molar-refractivity contribution in [1.29, 1.82) is 0 Å². The van der Waals surface area contributed by atoms with Gasteiger partial charge >= 0.3 is 0 Å². The molecule has 0 spiro atoms. The molecule has 3 nitrogen and oxygen atoms in total. The summed E-state index contributed by atoms with van der Waals surface area (Å²) in [5.74, 6) is 5.68. The minimum Gasteiger partial charge on any atom is -0.293 e. The molecular weight excluding hydrogens is 196 g/mol. The Morgan fingerprint density at radius 1 is 1.43 bits per heavy atom. The van der Waals surface area contributed by atoms with Crippen LogP contribution in [0, 0.1) is 5.92 Å². The molecule has 0 aromatic carbocycles. The Morgan fingerprint density at radius 3 is 2.36 bits per heavy atom. The second-order valence-corrected chi connectivity index (χ2v) is 5.46. The summed E-state index contributed by atoms with van der Waals surface area (Å²) in [5.41, 5.74) is 2.23. The molecule has 2 atom stereocenters. The van der Waals surface area contributed by atoms with Gasteiger partial charge in [-0.2, -0.15) is 0 Å². The molecular formula is C10H22N2OS. The van der Waals surface area contributed by atoms with Crippen molar-refractivity contribution in [2.75, 3.05) is 0 Å². The van der Waals surface area contributed by atoms with E-state index in [1.807, 2.05) is 0 Å². The predicted molar refractivity (Wildman–Crippen MR) is 62.9 cm³/mol. The topological polar surface area (TPSA) is 55.1 Å².